The lowest BCUT2D eigenvalue weighted by molar-refractivity contribution is -0.132. The number of carboxylic acid groups (broad SMARTS) is 1. The number of ketones is 1. The highest BCUT2D eigenvalue weighted by molar-refractivity contribution is 6.63. The summed E-state index contributed by atoms with van der Waals surface area (Å²) in [6.45, 7) is 1.52. The van der Waals surface area contributed by atoms with Crippen LogP contribution >= 0.6 is 0 Å². The van der Waals surface area contributed by atoms with E-state index in [1.807, 2.05) is 0 Å². The van der Waals surface area contributed by atoms with Gasteiger partial charge in [-0.1, -0.05) is 5.16 Å². The molecule has 15 heavy (non-hydrogen) atoms. The number of Topliss-reactive ketones (excluding diaryl/α,β-unsaturated/α-hetero) is 1. The third-order valence-electron chi connectivity index (χ3n) is 1.81. The maximum Gasteiger partial charge on any atom is 0.361 e. The van der Waals surface area contributed by atoms with E-state index in [4.69, 9.17) is 5.11 Å². The van der Waals surface area contributed by atoms with Gasteiger partial charge in [0.05, 0.1) is 0 Å². The van der Waals surface area contributed by atoms with Crippen molar-refractivity contribution in [1.82, 2.24) is 5.32 Å². The fourth-order valence-corrected chi connectivity index (χ4v) is 1.04. The molecule has 0 aromatic carbocycles. The second kappa shape index (κ2) is 4.54. The van der Waals surface area contributed by atoms with E-state index >= 15 is 0 Å². The van der Waals surface area contributed by atoms with Crippen molar-refractivity contribution in [2.24, 2.45) is 5.16 Å². The van der Waals surface area contributed by atoms with Crippen molar-refractivity contribution < 1.29 is 24.3 Å². The molecule has 0 aromatic rings. The van der Waals surface area contributed by atoms with Gasteiger partial charge < -0.3 is 15.3 Å². The SMILES string of the molecule is CC(=O)/C(=N/OC1CCNC1=O)C(=O)O. The molecular weight excluding hydrogens is 204 g/mol. The molecule has 0 spiro atoms. The fourth-order valence-electron chi connectivity index (χ4n) is 1.04. The number of carboxylic acids is 1. The average Bonchev–Trinajstić information content (AvgIpc) is 2.51. The Balaban J connectivity index is 2.65. The summed E-state index contributed by atoms with van der Waals surface area (Å²) in [5.74, 6) is -2.55. The van der Waals surface area contributed by atoms with Crippen LogP contribution in [0, 0.1) is 0 Å². The number of nitrogens with one attached hydrogen (secondary N) is 1. The summed E-state index contributed by atoms with van der Waals surface area (Å²) in [6, 6.07) is 0. The second-order valence-electron chi connectivity index (χ2n) is 2.97. The van der Waals surface area contributed by atoms with Gasteiger partial charge in [0.1, 0.15) is 0 Å². The fraction of sp³-hybridized carbons (Fsp3) is 0.500. The lowest BCUT2D eigenvalue weighted by atomic mass is 10.3. The lowest BCUT2D eigenvalue weighted by Crippen LogP contribution is -2.26. The van der Waals surface area contributed by atoms with Crippen LogP contribution in [0.1, 0.15) is 13.3 Å². The highest BCUT2D eigenvalue weighted by atomic mass is 16.6. The maximum absolute atomic E-state index is 11.0. The second-order valence-corrected chi connectivity index (χ2v) is 2.97. The molecule has 1 aliphatic heterocycles. The average molecular weight is 214 g/mol. The number of hydrogen-bond donors (Lipinski definition) is 2. The Morgan fingerprint density at radius 2 is 2.27 bits per heavy atom. The summed E-state index contributed by atoms with van der Waals surface area (Å²) < 4.78 is 0. The zero-order chi connectivity index (χ0) is 11.4. The summed E-state index contributed by atoms with van der Waals surface area (Å²) in [5.41, 5.74) is -0.713. The van der Waals surface area contributed by atoms with E-state index in [-0.39, 0.29) is 5.91 Å². The molecule has 1 aliphatic rings. The number of nitrogens with zero attached hydrogens (tertiary/aromatic N) is 1. The Morgan fingerprint density at radius 1 is 1.60 bits per heavy atom. The van der Waals surface area contributed by atoms with Crippen LogP contribution in [0.2, 0.25) is 0 Å². The number of carbonyl (C=O) groups is 3. The molecular formula is C8H10N2O5. The molecule has 2 N–H and O–H groups in total. The Labute approximate surface area is 85.1 Å². The summed E-state index contributed by atoms with van der Waals surface area (Å²) in [4.78, 5) is 36.9. The molecule has 0 radical (unpaired) electrons. The first kappa shape index (κ1) is 11.2. The number of aliphatic carboxylic acids is 1. The van der Waals surface area contributed by atoms with Gasteiger partial charge >= 0.3 is 5.97 Å². The Morgan fingerprint density at radius 3 is 2.67 bits per heavy atom. The van der Waals surface area contributed by atoms with Crippen molar-refractivity contribution in [3.8, 4) is 0 Å². The van der Waals surface area contributed by atoms with E-state index in [1.54, 1.807) is 0 Å². The van der Waals surface area contributed by atoms with Crippen molar-refractivity contribution >= 4 is 23.4 Å². The van der Waals surface area contributed by atoms with Crippen LogP contribution in [-0.2, 0) is 19.2 Å². The van der Waals surface area contributed by atoms with Crippen molar-refractivity contribution in [3.05, 3.63) is 0 Å². The molecule has 7 nitrogen and oxygen atoms in total. The van der Waals surface area contributed by atoms with Crippen LogP contribution in [0.3, 0.4) is 0 Å². The van der Waals surface area contributed by atoms with Crippen LogP contribution in [0.25, 0.3) is 0 Å². The molecule has 1 atom stereocenters. The molecule has 0 aromatic heterocycles. The minimum atomic E-state index is -1.47. The van der Waals surface area contributed by atoms with Gasteiger partial charge in [0.15, 0.2) is 5.78 Å². The summed E-state index contributed by atoms with van der Waals surface area (Å²) in [5, 5.41) is 14.2. The zero-order valence-electron chi connectivity index (χ0n) is 8.02. The van der Waals surface area contributed by atoms with Crippen LogP contribution in [-0.4, -0.2) is 41.1 Å². The number of oxime groups is 1. The molecule has 0 bridgehead atoms. The molecule has 1 unspecified atom stereocenters. The molecule has 0 aliphatic carbocycles. The quantitative estimate of drug-likeness (QED) is 0.352. The van der Waals surface area contributed by atoms with Gasteiger partial charge in [0.2, 0.25) is 11.8 Å². The van der Waals surface area contributed by atoms with E-state index in [2.05, 4.69) is 15.3 Å². The van der Waals surface area contributed by atoms with Gasteiger partial charge in [-0.15, -0.1) is 0 Å². The summed E-state index contributed by atoms with van der Waals surface area (Å²) in [7, 11) is 0. The lowest BCUT2D eigenvalue weighted by Gasteiger charge is -2.04. The normalized spacial score (nSPS) is 21.0. The van der Waals surface area contributed by atoms with Gasteiger partial charge in [-0.2, -0.15) is 0 Å². The first-order valence-corrected chi connectivity index (χ1v) is 4.28. The van der Waals surface area contributed by atoms with E-state index in [1.165, 1.54) is 0 Å². The monoisotopic (exact) mass is 214 g/mol. The van der Waals surface area contributed by atoms with E-state index in [9.17, 15) is 14.4 Å². The third kappa shape index (κ3) is 2.76. The van der Waals surface area contributed by atoms with Crippen molar-refractivity contribution in [3.63, 3.8) is 0 Å². The van der Waals surface area contributed by atoms with E-state index in [0.717, 1.165) is 6.92 Å². The highest BCUT2D eigenvalue weighted by Crippen LogP contribution is 2.05. The molecule has 1 saturated heterocycles. The zero-order valence-corrected chi connectivity index (χ0v) is 8.02. The predicted molar refractivity (Wildman–Crippen MR) is 48.3 cm³/mol. The Hall–Kier alpha value is -1.92. The molecule has 1 fully saturated rings. The van der Waals surface area contributed by atoms with Gasteiger partial charge in [-0.25, -0.2) is 4.79 Å². The Kier molecular flexibility index (Phi) is 3.37. The molecule has 1 amide bonds. The topological polar surface area (TPSA) is 105 Å². The predicted octanol–water partition coefficient (Wildman–Crippen LogP) is -1.08. The van der Waals surface area contributed by atoms with Crippen LogP contribution in [0.15, 0.2) is 5.16 Å². The first-order chi connectivity index (χ1) is 7.02. The summed E-state index contributed by atoms with van der Waals surface area (Å²) >= 11 is 0. The van der Waals surface area contributed by atoms with Gasteiger partial charge in [-0.05, 0) is 0 Å². The standard InChI is InChI=1S/C8H10N2O5/c1-4(11)6(8(13)14)10-15-5-2-3-9-7(5)12/h5H,2-3H2,1H3,(H,9,12)(H,13,14)/b10-6-. The number of rotatable bonds is 4. The minimum Gasteiger partial charge on any atom is -0.476 e. The number of amides is 1. The minimum absolute atomic E-state index is 0.355. The van der Waals surface area contributed by atoms with Gasteiger partial charge in [0, 0.05) is 19.9 Å². The van der Waals surface area contributed by atoms with Gasteiger partial charge in [0.25, 0.3) is 5.91 Å². The smallest absolute Gasteiger partial charge is 0.361 e. The summed E-state index contributed by atoms with van der Waals surface area (Å²) in [6.07, 6.45) is -0.397. The molecule has 82 valence electrons. The van der Waals surface area contributed by atoms with Crippen LogP contribution in [0.4, 0.5) is 0 Å². The van der Waals surface area contributed by atoms with E-state index in [0.29, 0.717) is 13.0 Å². The van der Waals surface area contributed by atoms with Crippen molar-refractivity contribution in [2.75, 3.05) is 6.54 Å². The molecule has 7 heteroatoms. The number of carbonyl (C=O) groups excluding carboxylic acids is 2. The van der Waals surface area contributed by atoms with Gasteiger partial charge in [-0.3, -0.25) is 9.59 Å². The largest absolute Gasteiger partial charge is 0.476 e. The van der Waals surface area contributed by atoms with E-state index < -0.39 is 23.6 Å². The molecule has 0 saturated carbocycles. The van der Waals surface area contributed by atoms with Crippen molar-refractivity contribution in [1.29, 1.82) is 0 Å². The van der Waals surface area contributed by atoms with Crippen molar-refractivity contribution in [2.45, 2.75) is 19.4 Å². The highest BCUT2D eigenvalue weighted by Gasteiger charge is 2.27. The Bertz CT molecular complexity index is 320. The number of hydrogen-bond acceptors (Lipinski definition) is 5. The first-order valence-electron chi connectivity index (χ1n) is 4.28. The van der Waals surface area contributed by atoms with Crippen LogP contribution < -0.4 is 5.32 Å². The molecule has 1 heterocycles. The maximum atomic E-state index is 11.0. The van der Waals surface area contributed by atoms with Crippen LogP contribution in [0.5, 0.6) is 0 Å². The molecule has 1 rings (SSSR count). The third-order valence-corrected chi connectivity index (χ3v) is 1.81.